The van der Waals surface area contributed by atoms with Crippen molar-refractivity contribution < 1.29 is 19.1 Å². The van der Waals surface area contributed by atoms with Gasteiger partial charge in [-0.15, -0.1) is 0 Å². The number of carbonyl (C=O) groups is 3. The Morgan fingerprint density at radius 1 is 1.10 bits per heavy atom. The molecule has 1 fully saturated rings. The number of esters is 1. The molecule has 0 spiro atoms. The van der Waals surface area contributed by atoms with Crippen molar-refractivity contribution in [3.8, 4) is 0 Å². The van der Waals surface area contributed by atoms with E-state index in [0.29, 0.717) is 17.8 Å². The van der Waals surface area contributed by atoms with Crippen molar-refractivity contribution in [3.05, 3.63) is 65.7 Å². The second-order valence-corrected chi connectivity index (χ2v) is 7.46. The second kappa shape index (κ2) is 8.90. The average Bonchev–Trinajstić information content (AvgIpc) is 3.13. The Balaban J connectivity index is 1.80. The highest BCUT2D eigenvalue weighted by Gasteiger charge is 2.39. The van der Waals surface area contributed by atoms with E-state index < -0.39 is 11.9 Å². The van der Waals surface area contributed by atoms with Crippen LogP contribution in [0.3, 0.4) is 0 Å². The van der Waals surface area contributed by atoms with Gasteiger partial charge in [0.25, 0.3) is 0 Å². The number of ether oxygens (including phenoxy) is 1. The van der Waals surface area contributed by atoms with Crippen LogP contribution in [-0.2, 0) is 20.9 Å². The number of nitrogens with zero attached hydrogens (tertiary/aromatic N) is 2. The summed E-state index contributed by atoms with van der Waals surface area (Å²) in [4.78, 5) is 41.4. The molecule has 1 saturated heterocycles. The van der Waals surface area contributed by atoms with Gasteiger partial charge in [0.1, 0.15) is 0 Å². The van der Waals surface area contributed by atoms with Gasteiger partial charge in [-0.2, -0.15) is 0 Å². The van der Waals surface area contributed by atoms with E-state index in [1.165, 1.54) is 12.0 Å². The summed E-state index contributed by atoms with van der Waals surface area (Å²) in [6.07, 6.45) is 0.131. The topological polar surface area (TPSA) is 66.9 Å². The van der Waals surface area contributed by atoms with Gasteiger partial charge in [-0.05, 0) is 31.5 Å². The molecular formula is C23H26N2O4. The normalized spacial score (nSPS) is 16.2. The van der Waals surface area contributed by atoms with Crippen LogP contribution in [0.5, 0.6) is 0 Å². The van der Waals surface area contributed by atoms with Crippen molar-refractivity contribution in [2.75, 3.05) is 18.6 Å². The Kier molecular flexibility index (Phi) is 6.32. The summed E-state index contributed by atoms with van der Waals surface area (Å²) in [5.74, 6) is -1.16. The number of carbonyl (C=O) groups excluding carboxylic acids is 3. The molecule has 3 rings (SSSR count). The van der Waals surface area contributed by atoms with E-state index in [1.807, 2.05) is 49.1 Å². The largest absolute Gasteiger partial charge is 0.465 e. The van der Waals surface area contributed by atoms with Crippen molar-refractivity contribution in [2.24, 2.45) is 5.92 Å². The SMILES string of the molecule is COC(=O)c1ccccc1N1CC(C(=O)N(Cc2ccccc2)C(C)C)CC1=O. The van der Waals surface area contributed by atoms with Crippen LogP contribution in [0.4, 0.5) is 5.69 Å². The third-order valence-corrected chi connectivity index (χ3v) is 5.18. The number of hydrogen-bond acceptors (Lipinski definition) is 4. The molecule has 1 aliphatic heterocycles. The fourth-order valence-corrected chi connectivity index (χ4v) is 3.63. The predicted molar refractivity (Wildman–Crippen MR) is 110 cm³/mol. The number of anilines is 1. The molecular weight excluding hydrogens is 368 g/mol. The van der Waals surface area contributed by atoms with Crippen LogP contribution in [0.15, 0.2) is 54.6 Å². The Bertz CT molecular complexity index is 895. The third-order valence-electron chi connectivity index (χ3n) is 5.18. The lowest BCUT2D eigenvalue weighted by atomic mass is 10.0. The first-order valence-corrected chi connectivity index (χ1v) is 9.74. The fraction of sp³-hybridized carbons (Fsp3) is 0.348. The molecule has 0 aliphatic carbocycles. The fourth-order valence-electron chi connectivity index (χ4n) is 3.63. The molecule has 0 bridgehead atoms. The summed E-state index contributed by atoms with van der Waals surface area (Å²) in [5, 5.41) is 0. The first-order valence-electron chi connectivity index (χ1n) is 9.74. The van der Waals surface area contributed by atoms with Crippen molar-refractivity contribution in [2.45, 2.75) is 32.9 Å². The van der Waals surface area contributed by atoms with Crippen LogP contribution < -0.4 is 4.90 Å². The molecule has 0 radical (unpaired) electrons. The van der Waals surface area contributed by atoms with E-state index in [0.717, 1.165) is 5.56 Å². The second-order valence-electron chi connectivity index (χ2n) is 7.46. The van der Waals surface area contributed by atoms with E-state index in [4.69, 9.17) is 4.74 Å². The lowest BCUT2D eigenvalue weighted by molar-refractivity contribution is -0.138. The average molecular weight is 394 g/mol. The summed E-state index contributed by atoms with van der Waals surface area (Å²) in [6, 6.07) is 16.6. The minimum absolute atomic E-state index is 0.00853. The zero-order valence-corrected chi connectivity index (χ0v) is 17.0. The van der Waals surface area contributed by atoms with Crippen LogP contribution in [-0.4, -0.2) is 42.4 Å². The predicted octanol–water partition coefficient (Wildman–Crippen LogP) is 3.26. The first kappa shape index (κ1) is 20.6. The maximum Gasteiger partial charge on any atom is 0.339 e. The molecule has 0 N–H and O–H groups in total. The smallest absolute Gasteiger partial charge is 0.339 e. The Labute approximate surface area is 171 Å². The number of rotatable bonds is 6. The molecule has 152 valence electrons. The quantitative estimate of drug-likeness (QED) is 0.706. The van der Waals surface area contributed by atoms with Gasteiger partial charge in [-0.3, -0.25) is 9.59 Å². The van der Waals surface area contributed by atoms with Gasteiger partial charge in [-0.1, -0.05) is 42.5 Å². The van der Waals surface area contributed by atoms with Crippen LogP contribution in [0.2, 0.25) is 0 Å². The zero-order chi connectivity index (χ0) is 21.0. The number of amides is 2. The maximum atomic E-state index is 13.2. The number of benzene rings is 2. The van der Waals surface area contributed by atoms with Crippen molar-refractivity contribution in [1.82, 2.24) is 4.90 Å². The monoisotopic (exact) mass is 394 g/mol. The Morgan fingerprint density at radius 2 is 1.76 bits per heavy atom. The minimum Gasteiger partial charge on any atom is -0.465 e. The van der Waals surface area contributed by atoms with Crippen LogP contribution in [0, 0.1) is 5.92 Å². The van der Waals surface area contributed by atoms with Crippen LogP contribution in [0.1, 0.15) is 36.2 Å². The van der Waals surface area contributed by atoms with Gasteiger partial charge >= 0.3 is 5.97 Å². The lowest BCUT2D eigenvalue weighted by Crippen LogP contribution is -2.41. The number of hydrogen-bond donors (Lipinski definition) is 0. The molecule has 1 aliphatic rings. The van der Waals surface area contributed by atoms with E-state index in [1.54, 1.807) is 24.3 Å². The number of para-hydroxylation sites is 1. The highest BCUT2D eigenvalue weighted by atomic mass is 16.5. The summed E-state index contributed by atoms with van der Waals surface area (Å²) in [7, 11) is 1.31. The molecule has 6 nitrogen and oxygen atoms in total. The molecule has 1 atom stereocenters. The van der Waals surface area contributed by atoms with Gasteiger partial charge < -0.3 is 14.5 Å². The van der Waals surface area contributed by atoms with Crippen molar-refractivity contribution in [1.29, 1.82) is 0 Å². The first-order chi connectivity index (χ1) is 13.9. The van der Waals surface area contributed by atoms with Gasteiger partial charge in [-0.25, -0.2) is 4.79 Å². The maximum absolute atomic E-state index is 13.2. The molecule has 29 heavy (non-hydrogen) atoms. The lowest BCUT2D eigenvalue weighted by Gasteiger charge is -2.29. The Morgan fingerprint density at radius 3 is 2.41 bits per heavy atom. The van der Waals surface area contributed by atoms with E-state index in [2.05, 4.69) is 0 Å². The van der Waals surface area contributed by atoms with Crippen molar-refractivity contribution in [3.63, 3.8) is 0 Å². The number of methoxy groups -OCH3 is 1. The molecule has 1 unspecified atom stereocenters. The highest BCUT2D eigenvalue weighted by molar-refractivity contribution is 6.05. The zero-order valence-electron chi connectivity index (χ0n) is 17.0. The van der Waals surface area contributed by atoms with Gasteiger partial charge in [0.2, 0.25) is 11.8 Å². The molecule has 2 amide bonds. The standard InChI is InChI=1S/C23H26N2O4/c1-16(2)24(14-17-9-5-4-6-10-17)22(27)18-13-21(26)25(15-18)20-12-8-7-11-19(20)23(28)29-3/h4-12,16,18H,13-15H2,1-3H3. The molecule has 2 aromatic rings. The molecule has 2 aromatic carbocycles. The van der Waals surface area contributed by atoms with Gasteiger partial charge in [0.05, 0.1) is 24.3 Å². The molecule has 1 heterocycles. The van der Waals surface area contributed by atoms with Crippen LogP contribution >= 0.6 is 0 Å². The van der Waals surface area contributed by atoms with Crippen LogP contribution in [0.25, 0.3) is 0 Å². The summed E-state index contributed by atoms with van der Waals surface area (Å²) < 4.78 is 4.83. The van der Waals surface area contributed by atoms with E-state index >= 15 is 0 Å². The summed E-state index contributed by atoms with van der Waals surface area (Å²) in [6.45, 7) is 4.70. The molecule has 6 heteroatoms. The van der Waals surface area contributed by atoms with Crippen molar-refractivity contribution >= 4 is 23.5 Å². The Hall–Kier alpha value is -3.15. The third kappa shape index (κ3) is 4.47. The van der Waals surface area contributed by atoms with E-state index in [-0.39, 0.29) is 30.8 Å². The minimum atomic E-state index is -0.504. The van der Waals surface area contributed by atoms with Gasteiger partial charge in [0.15, 0.2) is 0 Å². The summed E-state index contributed by atoms with van der Waals surface area (Å²) >= 11 is 0. The highest BCUT2D eigenvalue weighted by Crippen LogP contribution is 2.30. The molecule has 0 aromatic heterocycles. The van der Waals surface area contributed by atoms with Gasteiger partial charge in [0, 0.05) is 25.6 Å². The molecule has 0 saturated carbocycles. The van der Waals surface area contributed by atoms with E-state index in [9.17, 15) is 14.4 Å². The summed E-state index contributed by atoms with van der Waals surface area (Å²) in [5.41, 5.74) is 1.85.